The van der Waals surface area contributed by atoms with Gasteiger partial charge in [0.1, 0.15) is 5.75 Å². The van der Waals surface area contributed by atoms with Gasteiger partial charge in [-0.2, -0.15) is 0 Å². The van der Waals surface area contributed by atoms with Gasteiger partial charge < -0.3 is 14.2 Å². The van der Waals surface area contributed by atoms with E-state index >= 15 is 0 Å². The van der Waals surface area contributed by atoms with Crippen molar-refractivity contribution >= 4 is 40.2 Å². The van der Waals surface area contributed by atoms with Gasteiger partial charge in [-0.25, -0.2) is 4.79 Å². The molecule has 0 amide bonds. The number of carbonyl (C=O) groups excluding carboxylic acids is 1. The van der Waals surface area contributed by atoms with Crippen LogP contribution in [0.2, 0.25) is 0 Å². The van der Waals surface area contributed by atoms with Gasteiger partial charge in [-0.05, 0) is 35.3 Å². The molecule has 2 rings (SSSR count). The lowest BCUT2D eigenvalue weighted by atomic mass is 10.3. The second-order valence-electron chi connectivity index (χ2n) is 2.62. The fourth-order valence-corrected chi connectivity index (χ4v) is 1.51. The highest BCUT2D eigenvalue weighted by atomic mass is 35.5. The minimum absolute atomic E-state index is 0.211. The fourth-order valence-electron chi connectivity index (χ4n) is 1.09. The summed E-state index contributed by atoms with van der Waals surface area (Å²) in [7, 11) is 0. The Morgan fingerprint density at radius 1 is 1.27 bits per heavy atom. The average molecular weight is 269 g/mol. The van der Waals surface area contributed by atoms with Gasteiger partial charge in [-0.1, -0.05) is 0 Å². The second kappa shape index (κ2) is 3.63. The number of rotatable bonds is 1. The van der Waals surface area contributed by atoms with Gasteiger partial charge in [0.15, 0.2) is 11.5 Å². The second-order valence-corrected chi connectivity index (χ2v) is 4.11. The number of carbonyl (C=O) groups is 1. The molecule has 1 aromatic rings. The lowest BCUT2D eigenvalue weighted by Gasteiger charge is -2.09. The minimum Gasteiger partial charge on any atom is -0.423 e. The topological polar surface area (TPSA) is 44.8 Å². The van der Waals surface area contributed by atoms with Crippen molar-refractivity contribution in [1.82, 2.24) is 0 Å². The number of hydrogen-bond donors (Lipinski definition) is 0. The molecule has 0 fully saturated rings. The monoisotopic (exact) mass is 268 g/mol. The van der Waals surface area contributed by atoms with Crippen LogP contribution in [0, 0.1) is 0 Å². The molecular weight excluding hydrogens is 266 g/mol. The van der Waals surface area contributed by atoms with Gasteiger partial charge in [-0.15, -0.1) is 0 Å². The highest BCUT2D eigenvalue weighted by molar-refractivity contribution is 6.61. The lowest BCUT2D eigenvalue weighted by Crippen LogP contribution is -2.22. The smallest absolute Gasteiger partial charge is 0.419 e. The van der Waals surface area contributed by atoms with Crippen LogP contribution in [0.25, 0.3) is 0 Å². The van der Waals surface area contributed by atoms with E-state index in [1.807, 2.05) is 0 Å². The van der Waals surface area contributed by atoms with Crippen LogP contribution in [-0.2, 0) is 0 Å². The molecule has 0 spiro atoms. The number of hydrogen-bond acceptors (Lipinski definition) is 4. The molecule has 15 heavy (non-hydrogen) atoms. The summed E-state index contributed by atoms with van der Waals surface area (Å²) in [5.74, 6) is 0.841. The van der Waals surface area contributed by atoms with Crippen LogP contribution in [-0.4, -0.2) is 10.1 Å². The quantitative estimate of drug-likeness (QED) is 0.580. The zero-order valence-electron chi connectivity index (χ0n) is 7.00. The molecule has 0 unspecified atom stereocenters. The van der Waals surface area contributed by atoms with Crippen LogP contribution in [0.3, 0.4) is 0 Å². The Hall–Kier alpha value is -0.840. The predicted molar refractivity (Wildman–Crippen MR) is 54.0 cm³/mol. The third-order valence-corrected chi connectivity index (χ3v) is 1.96. The normalized spacial score (nSPS) is 16.2. The molecule has 0 atom stereocenters. The largest absolute Gasteiger partial charge is 0.423 e. The third-order valence-electron chi connectivity index (χ3n) is 1.57. The van der Waals surface area contributed by atoms with Crippen LogP contribution in [0.4, 0.5) is 4.79 Å². The fraction of sp³-hybridized carbons (Fsp3) is 0.125. The third kappa shape index (κ3) is 2.40. The molecule has 0 bridgehead atoms. The average Bonchev–Trinajstić information content (AvgIpc) is 2.36. The number of halogens is 3. The van der Waals surface area contributed by atoms with E-state index in [1.165, 1.54) is 18.2 Å². The SMILES string of the molecule is O=C(Cl)Oc1ccc2c(c1)OC(Cl)(Cl)O2. The molecule has 0 aliphatic carbocycles. The number of alkyl halides is 2. The van der Waals surface area contributed by atoms with Crippen LogP contribution in [0.5, 0.6) is 17.2 Å². The van der Waals surface area contributed by atoms with Crippen molar-refractivity contribution in [3.05, 3.63) is 18.2 Å². The van der Waals surface area contributed by atoms with E-state index in [-0.39, 0.29) is 11.5 Å². The number of fused-ring (bicyclic) bond motifs is 1. The summed E-state index contributed by atoms with van der Waals surface area (Å²) in [6.45, 7) is 0. The lowest BCUT2D eigenvalue weighted by molar-refractivity contribution is 0.0849. The first kappa shape index (κ1) is 10.7. The van der Waals surface area contributed by atoms with Crippen LogP contribution in [0.1, 0.15) is 0 Å². The Morgan fingerprint density at radius 2 is 1.93 bits per heavy atom. The molecule has 1 aliphatic heterocycles. The molecule has 0 radical (unpaired) electrons. The summed E-state index contributed by atoms with van der Waals surface area (Å²) in [4.78, 5) is 10.5. The molecule has 1 aliphatic rings. The van der Waals surface area contributed by atoms with E-state index in [9.17, 15) is 4.79 Å². The molecule has 0 saturated carbocycles. The first-order valence-corrected chi connectivity index (χ1v) is 4.87. The first-order chi connectivity index (χ1) is 6.96. The molecule has 1 heterocycles. The molecule has 0 aromatic heterocycles. The summed E-state index contributed by atoms with van der Waals surface area (Å²) in [6, 6.07) is 4.36. The first-order valence-electron chi connectivity index (χ1n) is 3.73. The Bertz CT molecular complexity index is 418. The zero-order valence-corrected chi connectivity index (χ0v) is 9.27. The minimum atomic E-state index is -1.74. The predicted octanol–water partition coefficient (Wildman–Crippen LogP) is 3.28. The van der Waals surface area contributed by atoms with E-state index in [0.29, 0.717) is 5.75 Å². The summed E-state index contributed by atoms with van der Waals surface area (Å²) in [5, 5.41) is 0. The van der Waals surface area contributed by atoms with Crippen molar-refractivity contribution in [3.63, 3.8) is 0 Å². The molecule has 7 heteroatoms. The standard InChI is InChI=1S/C8H3Cl3O4/c9-7(12)13-4-1-2-5-6(3-4)15-8(10,11)14-5/h1-3H. The summed E-state index contributed by atoms with van der Waals surface area (Å²) >= 11 is 16.2. The maximum absolute atomic E-state index is 10.5. The van der Waals surface area contributed by atoms with Crippen LogP contribution in [0.15, 0.2) is 18.2 Å². The Balaban J connectivity index is 2.26. The molecule has 80 valence electrons. The van der Waals surface area contributed by atoms with E-state index in [4.69, 9.17) is 44.3 Å². The molecule has 1 aromatic carbocycles. The Morgan fingerprint density at radius 3 is 2.60 bits per heavy atom. The van der Waals surface area contributed by atoms with E-state index in [1.54, 1.807) is 0 Å². The highest BCUT2D eigenvalue weighted by Gasteiger charge is 2.37. The molecular formula is C8H3Cl3O4. The van der Waals surface area contributed by atoms with Crippen molar-refractivity contribution < 1.29 is 19.0 Å². The zero-order chi connectivity index (χ0) is 11.1. The van der Waals surface area contributed by atoms with Gasteiger partial charge in [0.05, 0.1) is 0 Å². The highest BCUT2D eigenvalue weighted by Crippen LogP contribution is 2.44. The Labute approximate surface area is 99.6 Å². The van der Waals surface area contributed by atoms with Gasteiger partial charge >= 0.3 is 10.1 Å². The van der Waals surface area contributed by atoms with Crippen molar-refractivity contribution in [2.24, 2.45) is 0 Å². The van der Waals surface area contributed by atoms with Crippen molar-refractivity contribution in [2.75, 3.05) is 0 Å². The maximum atomic E-state index is 10.5. The maximum Gasteiger partial charge on any atom is 0.419 e. The molecule has 4 nitrogen and oxygen atoms in total. The van der Waals surface area contributed by atoms with Gasteiger partial charge in [0, 0.05) is 17.7 Å². The van der Waals surface area contributed by atoms with Gasteiger partial charge in [0.2, 0.25) is 0 Å². The number of benzene rings is 1. The van der Waals surface area contributed by atoms with E-state index < -0.39 is 10.1 Å². The van der Waals surface area contributed by atoms with Crippen LogP contribution < -0.4 is 14.2 Å². The van der Waals surface area contributed by atoms with Gasteiger partial charge in [-0.3, -0.25) is 0 Å². The van der Waals surface area contributed by atoms with E-state index in [0.717, 1.165) is 0 Å². The van der Waals surface area contributed by atoms with Crippen molar-refractivity contribution in [1.29, 1.82) is 0 Å². The summed E-state index contributed by atoms with van der Waals surface area (Å²) in [5.41, 5.74) is -0.947. The van der Waals surface area contributed by atoms with Crippen LogP contribution >= 0.6 is 34.8 Å². The molecule has 0 N–H and O–H groups in total. The van der Waals surface area contributed by atoms with Crippen molar-refractivity contribution in [2.45, 2.75) is 4.71 Å². The Kier molecular flexibility index (Phi) is 2.58. The summed E-state index contributed by atoms with van der Waals surface area (Å²) in [6.07, 6.45) is 0. The molecule has 0 saturated heterocycles. The van der Waals surface area contributed by atoms with Gasteiger partial charge in [0.25, 0.3) is 0 Å². The van der Waals surface area contributed by atoms with E-state index in [2.05, 4.69) is 4.74 Å². The number of ether oxygens (including phenoxy) is 3. The summed E-state index contributed by atoms with van der Waals surface area (Å²) < 4.78 is 12.8. The van der Waals surface area contributed by atoms with Crippen molar-refractivity contribution in [3.8, 4) is 17.2 Å².